The smallest absolute Gasteiger partial charge is 0.534 e. The second-order valence-corrected chi connectivity index (χ2v) is 6.96. The van der Waals surface area contributed by atoms with E-state index >= 15 is 0 Å². The average molecular weight is 353 g/mol. The summed E-state index contributed by atoms with van der Waals surface area (Å²) in [5.41, 5.74) is 6.08. The summed E-state index contributed by atoms with van der Waals surface area (Å²) < 4.78 is 15.0. The molecule has 0 spiro atoms. The van der Waals surface area contributed by atoms with Crippen molar-refractivity contribution in [1.29, 1.82) is 0 Å². The van der Waals surface area contributed by atoms with Gasteiger partial charge in [-0.25, -0.2) is 4.79 Å². The van der Waals surface area contributed by atoms with Gasteiger partial charge in [0.1, 0.15) is 17.1 Å². The summed E-state index contributed by atoms with van der Waals surface area (Å²) in [6.07, 6.45) is 0.422. The minimum atomic E-state index is -1.18. The van der Waals surface area contributed by atoms with E-state index < -0.39 is 13.1 Å². The number of aromatic nitrogens is 2. The maximum atomic E-state index is 11.5. The monoisotopic (exact) mass is 353 g/mol. The van der Waals surface area contributed by atoms with Gasteiger partial charge in [-0.05, 0) is 29.6 Å². The average Bonchev–Trinajstić information content (AvgIpc) is 2.92. The summed E-state index contributed by atoms with van der Waals surface area (Å²) in [5, 5.41) is 19.2. The van der Waals surface area contributed by atoms with E-state index in [4.69, 9.17) is 15.1 Å². The summed E-state index contributed by atoms with van der Waals surface area (Å²) >= 11 is 2.43. The Kier molecular flexibility index (Phi) is 4.33. The number of thioether (sulfide) groups is 1. The van der Waals surface area contributed by atoms with Gasteiger partial charge >= 0.3 is 13.1 Å². The molecule has 23 heavy (non-hydrogen) atoms. The number of nitrogens with zero attached hydrogens (tertiary/aromatic N) is 2. The second kappa shape index (κ2) is 6.26. The van der Waals surface area contributed by atoms with E-state index in [0.717, 1.165) is 11.5 Å². The van der Waals surface area contributed by atoms with Crippen LogP contribution in [-0.4, -0.2) is 44.8 Å². The SMILES string of the molecule is COc1ccc2c(c1C(=O)O)OB(O)[C@@H](Sc1nc(N)ns1)C2. The van der Waals surface area contributed by atoms with Gasteiger partial charge in [0.25, 0.3) is 0 Å². The van der Waals surface area contributed by atoms with Crippen molar-refractivity contribution in [2.75, 3.05) is 12.8 Å². The van der Waals surface area contributed by atoms with Gasteiger partial charge in [-0.15, -0.1) is 0 Å². The molecule has 0 amide bonds. The number of carboxylic acids is 1. The molecule has 0 saturated heterocycles. The molecule has 3 rings (SSSR count). The van der Waals surface area contributed by atoms with Crippen molar-refractivity contribution in [3.8, 4) is 11.5 Å². The molecule has 1 aliphatic rings. The molecule has 1 aliphatic heterocycles. The molecule has 11 heteroatoms. The van der Waals surface area contributed by atoms with Gasteiger partial charge in [-0.1, -0.05) is 17.8 Å². The van der Waals surface area contributed by atoms with E-state index in [1.807, 2.05) is 0 Å². The van der Waals surface area contributed by atoms with Crippen LogP contribution >= 0.6 is 23.3 Å². The first-order valence-corrected chi connectivity index (χ1v) is 8.18. The predicted octanol–water partition coefficient (Wildman–Crippen LogP) is 0.943. The number of carboxylic acid groups (broad SMARTS) is 1. The zero-order chi connectivity index (χ0) is 16.6. The molecule has 0 radical (unpaired) electrons. The van der Waals surface area contributed by atoms with E-state index in [2.05, 4.69) is 9.36 Å². The zero-order valence-electron chi connectivity index (χ0n) is 11.9. The molecule has 2 heterocycles. The Morgan fingerprint density at radius 3 is 3.00 bits per heavy atom. The lowest BCUT2D eigenvalue weighted by Gasteiger charge is -2.27. The van der Waals surface area contributed by atoms with Gasteiger partial charge < -0.3 is 25.3 Å². The maximum Gasteiger partial charge on any atom is 0.537 e. The number of anilines is 1. The van der Waals surface area contributed by atoms with Gasteiger partial charge in [0, 0.05) is 0 Å². The highest BCUT2D eigenvalue weighted by Gasteiger charge is 2.39. The van der Waals surface area contributed by atoms with Crippen LogP contribution in [0, 0.1) is 0 Å². The first-order chi connectivity index (χ1) is 11.0. The largest absolute Gasteiger partial charge is 0.537 e. The Hall–Kier alpha value is -1.98. The van der Waals surface area contributed by atoms with E-state index in [9.17, 15) is 14.9 Å². The summed E-state index contributed by atoms with van der Waals surface area (Å²) in [5.74, 6) is -0.666. The van der Waals surface area contributed by atoms with Crippen molar-refractivity contribution >= 4 is 42.3 Å². The number of hydrogen-bond donors (Lipinski definition) is 3. The summed E-state index contributed by atoms with van der Waals surface area (Å²) in [6, 6.07) is 3.31. The number of nitrogen functional groups attached to an aromatic ring is 1. The van der Waals surface area contributed by atoms with Gasteiger partial charge in [-0.2, -0.15) is 9.36 Å². The van der Waals surface area contributed by atoms with Gasteiger partial charge in [-0.3, -0.25) is 0 Å². The minimum Gasteiger partial charge on any atom is -0.534 e. The Balaban J connectivity index is 1.91. The van der Waals surface area contributed by atoms with E-state index in [-0.39, 0.29) is 28.2 Å². The molecule has 1 aromatic carbocycles. The van der Waals surface area contributed by atoms with Gasteiger partial charge in [0.05, 0.1) is 12.3 Å². The van der Waals surface area contributed by atoms with Crippen LogP contribution in [0.3, 0.4) is 0 Å². The lowest BCUT2D eigenvalue weighted by atomic mass is 9.77. The predicted molar refractivity (Wildman–Crippen MR) is 86.2 cm³/mol. The number of benzene rings is 1. The van der Waals surface area contributed by atoms with Crippen LogP contribution in [0.1, 0.15) is 15.9 Å². The standard InChI is InChI=1S/C12H12BN3O5S2/c1-20-6-3-2-5-4-7(22-12-15-11(14)16-23-12)13(19)21-9(5)8(6)10(17)18/h2-3,7,19H,4H2,1H3,(H2,14,16)(H,17,18)/t7-/m0/s1. The number of aromatic carboxylic acids is 1. The Morgan fingerprint density at radius 1 is 1.61 bits per heavy atom. The molecular formula is C12H12BN3O5S2. The van der Waals surface area contributed by atoms with Crippen LogP contribution in [0.25, 0.3) is 0 Å². The number of rotatable bonds is 4. The highest BCUT2D eigenvalue weighted by Crippen LogP contribution is 2.40. The summed E-state index contributed by atoms with van der Waals surface area (Å²) in [4.78, 5) is 15.5. The molecule has 120 valence electrons. The Morgan fingerprint density at radius 2 is 2.39 bits per heavy atom. The van der Waals surface area contributed by atoms with Crippen molar-refractivity contribution in [3.63, 3.8) is 0 Å². The van der Waals surface area contributed by atoms with E-state index in [1.165, 1.54) is 18.9 Å². The third-order valence-electron chi connectivity index (χ3n) is 3.29. The lowest BCUT2D eigenvalue weighted by molar-refractivity contribution is 0.0690. The van der Waals surface area contributed by atoms with E-state index in [1.54, 1.807) is 12.1 Å². The molecular weight excluding hydrogens is 341 g/mol. The fourth-order valence-electron chi connectivity index (χ4n) is 2.29. The third-order valence-corrected chi connectivity index (χ3v) is 5.32. The molecule has 4 N–H and O–H groups in total. The highest BCUT2D eigenvalue weighted by molar-refractivity contribution is 8.02. The summed E-state index contributed by atoms with van der Waals surface area (Å²) in [6.45, 7) is 0. The number of methoxy groups -OCH3 is 1. The van der Waals surface area contributed by atoms with Crippen LogP contribution < -0.4 is 15.1 Å². The van der Waals surface area contributed by atoms with Crippen LogP contribution in [0.5, 0.6) is 11.5 Å². The van der Waals surface area contributed by atoms with Gasteiger partial charge in [0.2, 0.25) is 5.95 Å². The number of ether oxygens (including phenoxy) is 1. The van der Waals surface area contributed by atoms with E-state index in [0.29, 0.717) is 16.3 Å². The topological polar surface area (TPSA) is 128 Å². The van der Waals surface area contributed by atoms with Crippen LogP contribution in [0.2, 0.25) is 0 Å². The summed E-state index contributed by atoms with van der Waals surface area (Å²) in [7, 11) is 0.203. The molecule has 0 saturated carbocycles. The fraction of sp³-hybridized carbons (Fsp3) is 0.250. The Bertz CT molecular complexity index is 756. The maximum absolute atomic E-state index is 11.5. The molecule has 0 unspecified atom stereocenters. The highest BCUT2D eigenvalue weighted by atomic mass is 32.2. The number of carbonyl (C=O) groups is 1. The second-order valence-electron chi connectivity index (χ2n) is 4.72. The first-order valence-electron chi connectivity index (χ1n) is 6.53. The van der Waals surface area contributed by atoms with Crippen LogP contribution in [0.15, 0.2) is 16.5 Å². The zero-order valence-corrected chi connectivity index (χ0v) is 13.6. The fourth-order valence-corrected chi connectivity index (χ4v) is 4.13. The Labute approximate surface area is 139 Å². The molecule has 0 aliphatic carbocycles. The van der Waals surface area contributed by atoms with Gasteiger partial charge in [0.15, 0.2) is 4.34 Å². The normalized spacial score (nSPS) is 16.6. The van der Waals surface area contributed by atoms with Crippen molar-refractivity contribution in [1.82, 2.24) is 9.36 Å². The van der Waals surface area contributed by atoms with Crippen LogP contribution in [-0.2, 0) is 6.42 Å². The molecule has 8 nitrogen and oxygen atoms in total. The number of hydrogen-bond acceptors (Lipinski definition) is 9. The lowest BCUT2D eigenvalue weighted by Crippen LogP contribution is -2.40. The molecule has 0 bridgehead atoms. The van der Waals surface area contributed by atoms with Crippen molar-refractivity contribution in [2.24, 2.45) is 0 Å². The first kappa shape index (κ1) is 15.9. The number of fused-ring (bicyclic) bond motifs is 1. The molecule has 0 fully saturated rings. The molecule has 1 atom stereocenters. The molecule has 2 aromatic rings. The van der Waals surface area contributed by atoms with Crippen molar-refractivity contribution in [2.45, 2.75) is 15.9 Å². The van der Waals surface area contributed by atoms with Crippen molar-refractivity contribution in [3.05, 3.63) is 23.3 Å². The quantitative estimate of drug-likeness (QED) is 0.688. The minimum absolute atomic E-state index is 0.0901. The third kappa shape index (κ3) is 3.07. The molecule has 1 aromatic heterocycles. The van der Waals surface area contributed by atoms with Crippen LogP contribution in [0.4, 0.5) is 5.95 Å². The van der Waals surface area contributed by atoms with Crippen molar-refractivity contribution < 1.29 is 24.3 Å². The number of nitrogens with two attached hydrogens (primary N) is 1.